The van der Waals surface area contributed by atoms with E-state index in [2.05, 4.69) is 15.0 Å². The predicted octanol–water partition coefficient (Wildman–Crippen LogP) is 3.83. The van der Waals surface area contributed by atoms with Crippen LogP contribution in [-0.4, -0.2) is 30.6 Å². The van der Waals surface area contributed by atoms with Crippen LogP contribution in [0.25, 0.3) is 10.9 Å². The lowest BCUT2D eigenvalue weighted by Gasteiger charge is -2.11. The number of nitrogens with zero attached hydrogens (tertiary/aromatic N) is 1. The molecule has 1 aromatic heterocycles. The molecule has 1 N–H and O–H groups in total. The lowest BCUT2D eigenvalue weighted by Crippen LogP contribution is -2.20. The Hall–Kier alpha value is -3.19. The summed E-state index contributed by atoms with van der Waals surface area (Å²) in [6.07, 6.45) is 0. The fraction of sp³-hybridized carbons (Fsp3) is 0.105. The Bertz CT molecular complexity index is 1030. The van der Waals surface area contributed by atoms with Crippen LogP contribution in [-0.2, 0) is 9.53 Å². The molecule has 0 saturated heterocycles. The molecule has 0 fully saturated rings. The molecule has 138 valence electrons. The number of carbonyl (C=O) groups is 2. The normalized spacial score (nSPS) is 10.5. The van der Waals surface area contributed by atoms with Gasteiger partial charge in [0.05, 0.1) is 12.6 Å². The highest BCUT2D eigenvalue weighted by molar-refractivity contribution is 6.30. The van der Waals surface area contributed by atoms with Crippen molar-refractivity contribution in [1.82, 2.24) is 4.98 Å². The van der Waals surface area contributed by atoms with Crippen molar-refractivity contribution in [2.75, 3.05) is 19.0 Å². The molecule has 1 amide bonds. The molecule has 3 rings (SSSR count). The molecule has 0 unspecified atom stereocenters. The van der Waals surface area contributed by atoms with Crippen molar-refractivity contribution in [3.63, 3.8) is 0 Å². The van der Waals surface area contributed by atoms with Gasteiger partial charge < -0.3 is 14.8 Å². The molecule has 0 radical (unpaired) electrons. The minimum absolute atomic E-state index is 0.0122. The fourth-order valence-corrected chi connectivity index (χ4v) is 2.59. The van der Waals surface area contributed by atoms with E-state index in [4.69, 9.17) is 16.3 Å². The number of ether oxygens (including phenoxy) is 2. The number of fused-ring (bicyclic) bond motifs is 1. The quantitative estimate of drug-likeness (QED) is 0.672. The number of rotatable bonds is 5. The summed E-state index contributed by atoms with van der Waals surface area (Å²) in [6, 6.07) is 11.8. The summed E-state index contributed by atoms with van der Waals surface area (Å²) < 4.78 is 23.8. The Balaban J connectivity index is 1.83. The third-order valence-corrected chi connectivity index (χ3v) is 3.83. The molecular weight excluding hydrogens is 375 g/mol. The van der Waals surface area contributed by atoms with Crippen LogP contribution >= 0.6 is 11.6 Å². The first-order valence-corrected chi connectivity index (χ1v) is 8.21. The van der Waals surface area contributed by atoms with E-state index in [1.807, 2.05) is 0 Å². The summed E-state index contributed by atoms with van der Waals surface area (Å²) in [5.41, 5.74) is 0.836. The van der Waals surface area contributed by atoms with E-state index in [9.17, 15) is 14.0 Å². The van der Waals surface area contributed by atoms with Gasteiger partial charge in [-0.05, 0) is 36.4 Å². The molecule has 0 saturated carbocycles. The van der Waals surface area contributed by atoms with E-state index in [-0.39, 0.29) is 18.1 Å². The van der Waals surface area contributed by atoms with E-state index in [0.717, 1.165) is 0 Å². The number of methoxy groups -OCH3 is 1. The monoisotopic (exact) mass is 388 g/mol. The third-order valence-electron chi connectivity index (χ3n) is 3.59. The van der Waals surface area contributed by atoms with Crippen LogP contribution in [0.2, 0.25) is 5.02 Å². The number of pyridine rings is 1. The Kier molecular flexibility index (Phi) is 5.52. The first-order valence-electron chi connectivity index (χ1n) is 7.83. The molecule has 0 aliphatic rings. The summed E-state index contributed by atoms with van der Waals surface area (Å²) in [6.45, 7) is -0.358. The Morgan fingerprint density at radius 1 is 1.19 bits per heavy atom. The first kappa shape index (κ1) is 18.6. The van der Waals surface area contributed by atoms with Gasteiger partial charge in [0.25, 0.3) is 5.91 Å². The zero-order valence-electron chi connectivity index (χ0n) is 14.2. The number of hydrogen-bond acceptors (Lipinski definition) is 5. The zero-order valence-corrected chi connectivity index (χ0v) is 14.9. The second-order valence-electron chi connectivity index (χ2n) is 5.51. The van der Waals surface area contributed by atoms with Gasteiger partial charge in [0, 0.05) is 22.2 Å². The van der Waals surface area contributed by atoms with Gasteiger partial charge >= 0.3 is 5.97 Å². The molecule has 6 nitrogen and oxygen atoms in total. The van der Waals surface area contributed by atoms with Gasteiger partial charge in [0.15, 0.2) is 12.3 Å². The van der Waals surface area contributed by atoms with E-state index in [1.165, 1.54) is 31.4 Å². The molecular formula is C19H14ClFN2O4. The van der Waals surface area contributed by atoms with E-state index in [0.29, 0.717) is 21.6 Å². The zero-order chi connectivity index (χ0) is 19.4. The van der Waals surface area contributed by atoms with Gasteiger partial charge in [-0.15, -0.1) is 0 Å². The fourth-order valence-electron chi connectivity index (χ4n) is 2.40. The van der Waals surface area contributed by atoms with Gasteiger partial charge in [-0.25, -0.2) is 14.2 Å². The maximum absolute atomic E-state index is 13.6. The van der Waals surface area contributed by atoms with Crippen LogP contribution < -0.4 is 10.1 Å². The summed E-state index contributed by atoms with van der Waals surface area (Å²) in [5, 5.41) is 3.44. The highest BCUT2D eigenvalue weighted by Gasteiger charge is 2.15. The lowest BCUT2D eigenvalue weighted by molar-refractivity contribution is -0.118. The minimum Gasteiger partial charge on any atom is -0.483 e. The number of halogens is 2. The van der Waals surface area contributed by atoms with Crippen molar-refractivity contribution in [3.05, 3.63) is 65.1 Å². The van der Waals surface area contributed by atoms with E-state index in [1.54, 1.807) is 24.3 Å². The summed E-state index contributed by atoms with van der Waals surface area (Å²) in [7, 11) is 1.22. The largest absolute Gasteiger partial charge is 0.483 e. The maximum atomic E-state index is 13.6. The number of benzene rings is 2. The van der Waals surface area contributed by atoms with Crippen molar-refractivity contribution in [3.8, 4) is 5.75 Å². The van der Waals surface area contributed by atoms with Crippen LogP contribution in [0.1, 0.15) is 10.5 Å². The van der Waals surface area contributed by atoms with Gasteiger partial charge in [-0.2, -0.15) is 0 Å². The SMILES string of the molecule is COC(=O)c1cc(OCC(=O)Nc2cccc(Cl)c2)c2cc(F)ccc2n1. The summed E-state index contributed by atoms with van der Waals surface area (Å²) in [5.74, 6) is -1.47. The number of anilines is 1. The summed E-state index contributed by atoms with van der Waals surface area (Å²) >= 11 is 5.87. The number of esters is 1. The van der Waals surface area contributed by atoms with Crippen LogP contribution in [0.5, 0.6) is 5.75 Å². The molecule has 0 spiro atoms. The third kappa shape index (κ3) is 4.51. The van der Waals surface area contributed by atoms with Gasteiger partial charge in [-0.1, -0.05) is 17.7 Å². The van der Waals surface area contributed by atoms with Crippen LogP contribution in [0.3, 0.4) is 0 Å². The Labute approximate surface area is 158 Å². The number of hydrogen-bond donors (Lipinski definition) is 1. The predicted molar refractivity (Wildman–Crippen MR) is 98.6 cm³/mol. The second kappa shape index (κ2) is 8.01. The molecule has 0 aliphatic carbocycles. The number of nitrogens with one attached hydrogen (secondary N) is 1. The van der Waals surface area contributed by atoms with Crippen LogP contribution in [0.4, 0.5) is 10.1 Å². The van der Waals surface area contributed by atoms with Gasteiger partial charge in [-0.3, -0.25) is 4.79 Å². The molecule has 1 heterocycles. The minimum atomic E-state index is -0.672. The van der Waals surface area contributed by atoms with E-state index >= 15 is 0 Å². The average molecular weight is 389 g/mol. The van der Waals surface area contributed by atoms with Crippen LogP contribution in [0, 0.1) is 5.82 Å². The Morgan fingerprint density at radius 3 is 2.74 bits per heavy atom. The molecule has 8 heteroatoms. The lowest BCUT2D eigenvalue weighted by atomic mass is 10.1. The molecule has 0 aliphatic heterocycles. The molecule has 3 aromatic rings. The van der Waals surface area contributed by atoms with Crippen LogP contribution in [0.15, 0.2) is 48.5 Å². The van der Waals surface area contributed by atoms with Crippen molar-refractivity contribution >= 4 is 40.1 Å². The number of carbonyl (C=O) groups excluding carboxylic acids is 2. The van der Waals surface area contributed by atoms with Crippen molar-refractivity contribution in [2.45, 2.75) is 0 Å². The standard InChI is InChI=1S/C19H14ClFN2O4/c1-26-19(25)16-9-17(14-8-12(21)5-6-15(14)23-16)27-10-18(24)22-13-4-2-3-11(20)7-13/h2-9H,10H2,1H3,(H,22,24). The second-order valence-corrected chi connectivity index (χ2v) is 5.94. The van der Waals surface area contributed by atoms with Crippen molar-refractivity contribution in [2.24, 2.45) is 0 Å². The van der Waals surface area contributed by atoms with Gasteiger partial charge in [0.2, 0.25) is 0 Å². The number of aromatic nitrogens is 1. The van der Waals surface area contributed by atoms with Crippen molar-refractivity contribution < 1.29 is 23.5 Å². The van der Waals surface area contributed by atoms with E-state index < -0.39 is 17.7 Å². The molecule has 2 aromatic carbocycles. The van der Waals surface area contributed by atoms with Gasteiger partial charge in [0.1, 0.15) is 11.6 Å². The maximum Gasteiger partial charge on any atom is 0.356 e. The molecule has 27 heavy (non-hydrogen) atoms. The number of amides is 1. The average Bonchev–Trinajstić information content (AvgIpc) is 2.65. The highest BCUT2D eigenvalue weighted by Crippen LogP contribution is 2.27. The van der Waals surface area contributed by atoms with Crippen molar-refractivity contribution in [1.29, 1.82) is 0 Å². The molecule has 0 atom stereocenters. The molecule has 0 bridgehead atoms. The first-order chi connectivity index (χ1) is 13.0. The highest BCUT2D eigenvalue weighted by atomic mass is 35.5. The summed E-state index contributed by atoms with van der Waals surface area (Å²) in [4.78, 5) is 28.0. The smallest absolute Gasteiger partial charge is 0.356 e. The Morgan fingerprint density at radius 2 is 2.00 bits per heavy atom. The topological polar surface area (TPSA) is 77.5 Å².